The first-order valence-electron chi connectivity index (χ1n) is 9.58. The van der Waals surface area contributed by atoms with Crippen LogP contribution in [0.2, 0.25) is 0 Å². The molecule has 1 saturated heterocycles. The molecule has 28 heavy (non-hydrogen) atoms. The van der Waals surface area contributed by atoms with E-state index in [2.05, 4.69) is 15.2 Å². The van der Waals surface area contributed by atoms with Crippen LogP contribution in [-0.4, -0.2) is 24.0 Å². The second-order valence-electron chi connectivity index (χ2n) is 6.95. The highest BCUT2D eigenvalue weighted by atomic mass is 19.1. The molecular formula is C23H22FN3O. The van der Waals surface area contributed by atoms with E-state index < -0.39 is 0 Å². The van der Waals surface area contributed by atoms with Gasteiger partial charge in [0, 0.05) is 36.3 Å². The van der Waals surface area contributed by atoms with Crippen LogP contribution in [0.5, 0.6) is 0 Å². The maximum Gasteiger partial charge on any atom is 0.248 e. The molecule has 2 heterocycles. The minimum Gasteiger partial charge on any atom is -0.370 e. The standard InChI is InChI=1S/C23H22FN3O/c24-19-10-11-21(27-14-2-1-3-15-27)20(16-19)26-22(28)12-9-18-7-4-6-17-8-5-13-25-23(17)18/h4-13,16H,1-3,14-15H2,(H,26,28)/b12-9+. The molecule has 0 radical (unpaired) electrons. The molecule has 2 aromatic carbocycles. The molecule has 1 aliphatic heterocycles. The number of piperidine rings is 1. The van der Waals surface area contributed by atoms with E-state index in [9.17, 15) is 9.18 Å². The van der Waals surface area contributed by atoms with Crippen molar-refractivity contribution in [3.05, 3.63) is 72.2 Å². The van der Waals surface area contributed by atoms with Gasteiger partial charge in [-0.2, -0.15) is 0 Å². The van der Waals surface area contributed by atoms with E-state index in [-0.39, 0.29) is 11.7 Å². The highest BCUT2D eigenvalue weighted by Gasteiger charge is 2.16. The summed E-state index contributed by atoms with van der Waals surface area (Å²) in [5.41, 5.74) is 3.08. The molecule has 0 saturated carbocycles. The van der Waals surface area contributed by atoms with Gasteiger partial charge in [0.2, 0.25) is 5.91 Å². The second kappa shape index (κ2) is 8.21. The number of carbonyl (C=O) groups excluding carboxylic acids is 1. The van der Waals surface area contributed by atoms with Crippen molar-refractivity contribution in [2.45, 2.75) is 19.3 Å². The molecule has 3 aromatic rings. The highest BCUT2D eigenvalue weighted by molar-refractivity contribution is 6.04. The van der Waals surface area contributed by atoms with E-state index in [0.29, 0.717) is 5.69 Å². The number of para-hydroxylation sites is 1. The Kier molecular flexibility index (Phi) is 5.33. The zero-order valence-electron chi connectivity index (χ0n) is 15.6. The van der Waals surface area contributed by atoms with E-state index in [0.717, 1.165) is 48.1 Å². The van der Waals surface area contributed by atoms with E-state index >= 15 is 0 Å². The maximum absolute atomic E-state index is 13.8. The van der Waals surface area contributed by atoms with Crippen LogP contribution < -0.4 is 10.2 Å². The maximum atomic E-state index is 13.8. The molecule has 0 aliphatic carbocycles. The predicted octanol–water partition coefficient (Wildman–Crippen LogP) is 5.02. The Morgan fingerprint density at radius 1 is 1.07 bits per heavy atom. The summed E-state index contributed by atoms with van der Waals surface area (Å²) in [4.78, 5) is 19.1. The number of halogens is 1. The van der Waals surface area contributed by atoms with E-state index in [1.807, 2.05) is 30.3 Å². The molecule has 4 rings (SSSR count). The molecule has 0 unspecified atom stereocenters. The Balaban J connectivity index is 1.55. The number of fused-ring (bicyclic) bond motifs is 1. The van der Waals surface area contributed by atoms with Crippen molar-refractivity contribution in [1.82, 2.24) is 4.98 Å². The van der Waals surface area contributed by atoms with Crippen molar-refractivity contribution in [2.24, 2.45) is 0 Å². The minimum absolute atomic E-state index is 0.295. The summed E-state index contributed by atoms with van der Waals surface area (Å²) in [7, 11) is 0. The lowest BCUT2D eigenvalue weighted by molar-refractivity contribution is -0.111. The first-order chi connectivity index (χ1) is 13.7. The van der Waals surface area contributed by atoms with Crippen molar-refractivity contribution >= 4 is 34.3 Å². The van der Waals surface area contributed by atoms with Gasteiger partial charge in [-0.15, -0.1) is 0 Å². The fourth-order valence-electron chi connectivity index (χ4n) is 3.62. The van der Waals surface area contributed by atoms with E-state index in [4.69, 9.17) is 0 Å². The predicted molar refractivity (Wildman–Crippen MR) is 112 cm³/mol. The van der Waals surface area contributed by atoms with Gasteiger partial charge in [0.25, 0.3) is 0 Å². The number of aromatic nitrogens is 1. The third-order valence-electron chi connectivity index (χ3n) is 4.99. The molecule has 0 bridgehead atoms. The monoisotopic (exact) mass is 375 g/mol. The summed E-state index contributed by atoms with van der Waals surface area (Å²) in [6, 6.07) is 14.3. The van der Waals surface area contributed by atoms with Crippen molar-refractivity contribution in [2.75, 3.05) is 23.3 Å². The Hall–Kier alpha value is -3.21. The number of hydrogen-bond donors (Lipinski definition) is 1. The lowest BCUT2D eigenvalue weighted by Crippen LogP contribution is -2.30. The smallest absolute Gasteiger partial charge is 0.248 e. The van der Waals surface area contributed by atoms with Gasteiger partial charge in [0.1, 0.15) is 5.82 Å². The molecule has 1 aliphatic rings. The third kappa shape index (κ3) is 4.03. The third-order valence-corrected chi connectivity index (χ3v) is 4.99. The molecule has 0 spiro atoms. The zero-order valence-corrected chi connectivity index (χ0v) is 15.6. The van der Waals surface area contributed by atoms with Crippen LogP contribution in [0.1, 0.15) is 24.8 Å². The summed E-state index contributed by atoms with van der Waals surface area (Å²) in [5.74, 6) is -0.657. The van der Waals surface area contributed by atoms with E-state index in [1.54, 1.807) is 18.3 Å². The molecule has 5 heteroatoms. The molecule has 1 amide bonds. The Morgan fingerprint density at radius 3 is 2.75 bits per heavy atom. The summed E-state index contributed by atoms with van der Waals surface area (Å²) >= 11 is 0. The van der Waals surface area contributed by atoms with Crippen LogP contribution in [0.4, 0.5) is 15.8 Å². The SMILES string of the molecule is O=C(/C=C/c1cccc2cccnc12)Nc1cc(F)ccc1N1CCCCC1. The first-order valence-corrected chi connectivity index (χ1v) is 9.58. The van der Waals surface area contributed by atoms with Crippen molar-refractivity contribution in [3.63, 3.8) is 0 Å². The van der Waals surface area contributed by atoms with E-state index in [1.165, 1.54) is 24.6 Å². The molecule has 142 valence electrons. The molecule has 1 fully saturated rings. The average molecular weight is 375 g/mol. The summed E-state index contributed by atoms with van der Waals surface area (Å²) in [6.07, 6.45) is 8.37. The van der Waals surface area contributed by atoms with Gasteiger partial charge >= 0.3 is 0 Å². The number of carbonyl (C=O) groups is 1. The van der Waals surface area contributed by atoms with Crippen molar-refractivity contribution < 1.29 is 9.18 Å². The molecular weight excluding hydrogens is 353 g/mol. The number of nitrogens with one attached hydrogen (secondary N) is 1. The van der Waals surface area contributed by atoms with Crippen molar-refractivity contribution in [1.29, 1.82) is 0 Å². The number of anilines is 2. The molecule has 0 atom stereocenters. The van der Waals surface area contributed by atoms with Crippen LogP contribution in [-0.2, 0) is 4.79 Å². The zero-order chi connectivity index (χ0) is 19.3. The Labute approximate surface area is 163 Å². The molecule has 4 nitrogen and oxygen atoms in total. The Bertz CT molecular complexity index is 1020. The van der Waals surface area contributed by atoms with Gasteiger partial charge in [-0.25, -0.2) is 4.39 Å². The summed E-state index contributed by atoms with van der Waals surface area (Å²) in [6.45, 7) is 1.85. The van der Waals surface area contributed by atoms with Crippen LogP contribution in [0.15, 0.2) is 60.8 Å². The number of rotatable bonds is 4. The Morgan fingerprint density at radius 2 is 1.89 bits per heavy atom. The largest absolute Gasteiger partial charge is 0.370 e. The average Bonchev–Trinajstić information content (AvgIpc) is 2.73. The molecule has 1 N–H and O–H groups in total. The van der Waals surface area contributed by atoms with Gasteiger partial charge in [-0.1, -0.05) is 24.3 Å². The van der Waals surface area contributed by atoms with Gasteiger partial charge in [0.05, 0.1) is 16.9 Å². The second-order valence-corrected chi connectivity index (χ2v) is 6.95. The minimum atomic E-state index is -0.363. The van der Waals surface area contributed by atoms with Gasteiger partial charge in [-0.05, 0) is 49.6 Å². The molecule has 1 aromatic heterocycles. The topological polar surface area (TPSA) is 45.2 Å². The van der Waals surface area contributed by atoms with Crippen molar-refractivity contribution in [3.8, 4) is 0 Å². The first kappa shape index (κ1) is 18.2. The number of pyridine rings is 1. The fourth-order valence-corrected chi connectivity index (χ4v) is 3.62. The number of amides is 1. The quantitative estimate of drug-likeness (QED) is 0.652. The number of benzene rings is 2. The summed E-state index contributed by atoms with van der Waals surface area (Å²) in [5, 5.41) is 3.86. The van der Waals surface area contributed by atoms with Gasteiger partial charge < -0.3 is 10.2 Å². The normalized spacial score (nSPS) is 14.5. The number of nitrogens with zero attached hydrogens (tertiary/aromatic N) is 2. The van der Waals surface area contributed by atoms with Crippen LogP contribution >= 0.6 is 0 Å². The van der Waals surface area contributed by atoms with Crippen LogP contribution in [0, 0.1) is 5.82 Å². The van der Waals surface area contributed by atoms with Gasteiger partial charge in [0.15, 0.2) is 0 Å². The highest BCUT2D eigenvalue weighted by Crippen LogP contribution is 2.29. The lowest BCUT2D eigenvalue weighted by Gasteiger charge is -2.30. The lowest BCUT2D eigenvalue weighted by atomic mass is 10.1. The fraction of sp³-hybridized carbons (Fsp3) is 0.217. The van der Waals surface area contributed by atoms with Crippen LogP contribution in [0.3, 0.4) is 0 Å². The van der Waals surface area contributed by atoms with Crippen LogP contribution in [0.25, 0.3) is 17.0 Å². The summed E-state index contributed by atoms with van der Waals surface area (Å²) < 4.78 is 13.8. The van der Waals surface area contributed by atoms with Gasteiger partial charge in [-0.3, -0.25) is 9.78 Å². The number of hydrogen-bond acceptors (Lipinski definition) is 3.